The van der Waals surface area contributed by atoms with Gasteiger partial charge in [-0.3, -0.25) is 0 Å². The van der Waals surface area contributed by atoms with Crippen LogP contribution in [0.3, 0.4) is 0 Å². The van der Waals surface area contributed by atoms with Crippen molar-refractivity contribution in [3.63, 3.8) is 0 Å². The highest BCUT2D eigenvalue weighted by Crippen LogP contribution is 2.24. The summed E-state index contributed by atoms with van der Waals surface area (Å²) in [6.45, 7) is 2.12. The van der Waals surface area contributed by atoms with Crippen LogP contribution in [-0.2, 0) is 12.2 Å². The Morgan fingerprint density at radius 2 is 2.29 bits per heavy atom. The van der Waals surface area contributed by atoms with Gasteiger partial charge in [-0.05, 0) is 44.0 Å². The van der Waals surface area contributed by atoms with Crippen LogP contribution in [0.1, 0.15) is 24.6 Å². The molecule has 0 amide bonds. The predicted octanol–water partition coefficient (Wildman–Crippen LogP) is 3.04. The Morgan fingerprint density at radius 1 is 1.38 bits per heavy atom. The summed E-state index contributed by atoms with van der Waals surface area (Å²) in [6, 6.07) is 6.72. The van der Waals surface area contributed by atoms with Gasteiger partial charge in [0.25, 0.3) is 0 Å². The molecule has 1 aromatic heterocycles. The predicted molar refractivity (Wildman–Crippen MR) is 79.6 cm³/mol. The molecule has 1 unspecified atom stereocenters. The number of thioether (sulfide) groups is 1. The van der Waals surface area contributed by atoms with E-state index in [9.17, 15) is 4.39 Å². The van der Waals surface area contributed by atoms with Crippen LogP contribution in [0, 0.1) is 11.7 Å². The van der Waals surface area contributed by atoms with Gasteiger partial charge in [0.2, 0.25) is 5.89 Å². The molecule has 21 heavy (non-hydrogen) atoms. The number of hydrogen-bond donors (Lipinski definition) is 1. The van der Waals surface area contributed by atoms with Crippen molar-refractivity contribution in [2.75, 3.05) is 13.1 Å². The van der Waals surface area contributed by atoms with Crippen molar-refractivity contribution in [2.24, 2.45) is 5.92 Å². The van der Waals surface area contributed by atoms with Gasteiger partial charge in [-0.2, -0.15) is 4.98 Å². The van der Waals surface area contributed by atoms with Gasteiger partial charge in [-0.1, -0.05) is 17.3 Å². The Bertz CT molecular complexity index is 584. The van der Waals surface area contributed by atoms with Gasteiger partial charge in [0.1, 0.15) is 5.82 Å². The van der Waals surface area contributed by atoms with E-state index in [2.05, 4.69) is 15.5 Å². The fourth-order valence-electron chi connectivity index (χ4n) is 2.48. The van der Waals surface area contributed by atoms with Crippen LogP contribution in [0.2, 0.25) is 0 Å². The van der Waals surface area contributed by atoms with Gasteiger partial charge in [0, 0.05) is 11.3 Å². The molecule has 1 aliphatic heterocycles. The van der Waals surface area contributed by atoms with E-state index in [4.69, 9.17) is 4.52 Å². The third-order valence-electron chi connectivity index (χ3n) is 3.57. The van der Waals surface area contributed by atoms with Crippen molar-refractivity contribution >= 4 is 11.8 Å². The SMILES string of the molecule is Fc1ccccc1SCc1noc(CC2CCCNC2)n1. The van der Waals surface area contributed by atoms with Crippen LogP contribution in [0.15, 0.2) is 33.7 Å². The van der Waals surface area contributed by atoms with Gasteiger partial charge in [0.05, 0.1) is 5.75 Å². The molecule has 3 rings (SSSR count). The number of rotatable bonds is 5. The second kappa shape index (κ2) is 7.04. The van der Waals surface area contributed by atoms with E-state index >= 15 is 0 Å². The fraction of sp³-hybridized carbons (Fsp3) is 0.467. The smallest absolute Gasteiger partial charge is 0.226 e. The second-order valence-electron chi connectivity index (χ2n) is 5.24. The van der Waals surface area contributed by atoms with Crippen LogP contribution in [-0.4, -0.2) is 23.2 Å². The maximum atomic E-state index is 13.5. The monoisotopic (exact) mass is 307 g/mol. The van der Waals surface area contributed by atoms with Gasteiger partial charge < -0.3 is 9.84 Å². The van der Waals surface area contributed by atoms with E-state index < -0.39 is 0 Å². The summed E-state index contributed by atoms with van der Waals surface area (Å²) in [5, 5.41) is 7.36. The lowest BCUT2D eigenvalue weighted by Gasteiger charge is -2.20. The molecule has 112 valence electrons. The van der Waals surface area contributed by atoms with E-state index in [-0.39, 0.29) is 5.82 Å². The first-order valence-electron chi connectivity index (χ1n) is 7.21. The third kappa shape index (κ3) is 4.04. The number of piperidine rings is 1. The quantitative estimate of drug-likeness (QED) is 0.861. The second-order valence-corrected chi connectivity index (χ2v) is 6.26. The lowest BCUT2D eigenvalue weighted by atomic mass is 9.96. The molecule has 2 heterocycles. The van der Waals surface area contributed by atoms with Crippen molar-refractivity contribution in [3.05, 3.63) is 41.8 Å². The average Bonchev–Trinajstić information content (AvgIpc) is 2.95. The molecule has 4 nitrogen and oxygen atoms in total. The van der Waals surface area contributed by atoms with Crippen molar-refractivity contribution in [1.29, 1.82) is 0 Å². The van der Waals surface area contributed by atoms with Crippen molar-refractivity contribution in [3.8, 4) is 0 Å². The summed E-state index contributed by atoms with van der Waals surface area (Å²) in [7, 11) is 0. The summed E-state index contributed by atoms with van der Waals surface area (Å²) in [6.07, 6.45) is 3.23. The number of hydrogen-bond acceptors (Lipinski definition) is 5. The van der Waals surface area contributed by atoms with Gasteiger partial charge in [-0.15, -0.1) is 11.8 Å². The average molecular weight is 307 g/mol. The van der Waals surface area contributed by atoms with Crippen molar-refractivity contribution < 1.29 is 8.91 Å². The van der Waals surface area contributed by atoms with Gasteiger partial charge in [-0.25, -0.2) is 4.39 Å². The first kappa shape index (κ1) is 14.5. The Labute approximate surface area is 127 Å². The minimum atomic E-state index is -0.209. The Hall–Kier alpha value is -1.40. The summed E-state index contributed by atoms with van der Waals surface area (Å²) in [4.78, 5) is 5.01. The van der Waals surface area contributed by atoms with Gasteiger partial charge in [0.15, 0.2) is 5.82 Å². The molecule has 1 N–H and O–H groups in total. The Morgan fingerprint density at radius 3 is 3.10 bits per heavy atom. The van der Waals surface area contributed by atoms with E-state index in [0.717, 1.165) is 19.5 Å². The summed E-state index contributed by atoms with van der Waals surface area (Å²) >= 11 is 1.39. The minimum absolute atomic E-state index is 0.209. The molecular formula is C15H18FN3OS. The Balaban J connectivity index is 1.54. The number of nitrogens with one attached hydrogen (secondary N) is 1. The lowest BCUT2D eigenvalue weighted by molar-refractivity contribution is 0.315. The summed E-state index contributed by atoms with van der Waals surface area (Å²) in [5.41, 5.74) is 0. The van der Waals surface area contributed by atoms with Gasteiger partial charge >= 0.3 is 0 Å². The van der Waals surface area contributed by atoms with Crippen LogP contribution in [0.5, 0.6) is 0 Å². The molecule has 0 bridgehead atoms. The lowest BCUT2D eigenvalue weighted by Crippen LogP contribution is -2.30. The number of nitrogens with zero attached hydrogens (tertiary/aromatic N) is 2. The minimum Gasteiger partial charge on any atom is -0.339 e. The molecule has 1 aromatic carbocycles. The van der Waals surface area contributed by atoms with Crippen LogP contribution in [0.25, 0.3) is 0 Å². The highest BCUT2D eigenvalue weighted by atomic mass is 32.2. The highest BCUT2D eigenvalue weighted by molar-refractivity contribution is 7.98. The molecule has 6 heteroatoms. The largest absolute Gasteiger partial charge is 0.339 e. The zero-order valence-corrected chi connectivity index (χ0v) is 12.5. The van der Waals surface area contributed by atoms with E-state index in [1.54, 1.807) is 12.1 Å². The molecule has 1 saturated heterocycles. The molecule has 1 atom stereocenters. The standard InChI is InChI=1S/C15H18FN3OS/c16-12-5-1-2-6-13(12)21-10-14-18-15(20-19-14)8-11-4-3-7-17-9-11/h1-2,5-6,11,17H,3-4,7-10H2. The van der Waals surface area contributed by atoms with E-state index in [0.29, 0.717) is 28.3 Å². The zero-order chi connectivity index (χ0) is 14.5. The Kier molecular flexibility index (Phi) is 4.87. The number of benzene rings is 1. The molecule has 0 radical (unpaired) electrons. The van der Waals surface area contributed by atoms with Crippen molar-refractivity contribution in [1.82, 2.24) is 15.5 Å². The van der Waals surface area contributed by atoms with Crippen LogP contribution < -0.4 is 5.32 Å². The van der Waals surface area contributed by atoms with E-state index in [1.807, 2.05) is 6.07 Å². The third-order valence-corrected chi connectivity index (χ3v) is 4.61. The maximum absolute atomic E-state index is 13.5. The zero-order valence-electron chi connectivity index (χ0n) is 11.7. The van der Waals surface area contributed by atoms with Crippen LogP contribution >= 0.6 is 11.8 Å². The molecule has 0 aliphatic carbocycles. The van der Waals surface area contributed by atoms with Crippen LogP contribution in [0.4, 0.5) is 4.39 Å². The number of aromatic nitrogens is 2. The molecule has 0 saturated carbocycles. The molecular weight excluding hydrogens is 289 g/mol. The topological polar surface area (TPSA) is 51.0 Å². The summed E-state index contributed by atoms with van der Waals surface area (Å²) in [5.74, 6) is 2.20. The molecule has 0 spiro atoms. The fourth-order valence-corrected chi connectivity index (χ4v) is 3.26. The maximum Gasteiger partial charge on any atom is 0.226 e. The highest BCUT2D eigenvalue weighted by Gasteiger charge is 2.17. The summed E-state index contributed by atoms with van der Waals surface area (Å²) < 4.78 is 18.8. The first-order valence-corrected chi connectivity index (χ1v) is 8.19. The number of halogens is 1. The first-order chi connectivity index (χ1) is 10.3. The molecule has 2 aromatic rings. The molecule has 1 aliphatic rings. The van der Waals surface area contributed by atoms with Crippen molar-refractivity contribution in [2.45, 2.75) is 29.9 Å². The van der Waals surface area contributed by atoms with E-state index in [1.165, 1.54) is 30.7 Å². The normalized spacial score (nSPS) is 18.8. The molecule has 1 fully saturated rings.